The van der Waals surface area contributed by atoms with E-state index >= 15 is 0 Å². The summed E-state index contributed by atoms with van der Waals surface area (Å²) < 4.78 is 0. The monoisotopic (exact) mass is 642 g/mol. The highest BCUT2D eigenvalue weighted by atomic mass is 16.2. The summed E-state index contributed by atoms with van der Waals surface area (Å²) in [5, 5.41) is 3.19. The number of benzene rings is 2. The van der Waals surface area contributed by atoms with Crippen LogP contribution in [0, 0.1) is 0 Å². The molecule has 2 aromatic carbocycles. The lowest BCUT2D eigenvalue weighted by Gasteiger charge is -2.37. The van der Waals surface area contributed by atoms with Gasteiger partial charge in [0.2, 0.25) is 11.8 Å². The van der Waals surface area contributed by atoms with Gasteiger partial charge in [0.25, 0.3) is 11.8 Å². The van der Waals surface area contributed by atoms with E-state index in [0.29, 0.717) is 62.1 Å². The highest BCUT2D eigenvalue weighted by molar-refractivity contribution is 6.06. The van der Waals surface area contributed by atoms with Crippen molar-refractivity contribution in [2.24, 2.45) is 0 Å². The van der Waals surface area contributed by atoms with E-state index in [9.17, 15) is 19.2 Å². The summed E-state index contributed by atoms with van der Waals surface area (Å²) in [4.78, 5) is 68.1. The topological polar surface area (TPSA) is 116 Å². The van der Waals surface area contributed by atoms with Crippen molar-refractivity contribution in [1.82, 2.24) is 25.1 Å². The molecule has 0 radical (unpaired) electrons. The van der Waals surface area contributed by atoms with E-state index in [1.54, 1.807) is 49.1 Å². The minimum atomic E-state index is -1.07. The van der Waals surface area contributed by atoms with Gasteiger partial charge < -0.3 is 15.1 Å². The Kier molecular flexibility index (Phi) is 9.99. The van der Waals surface area contributed by atoms with Gasteiger partial charge in [-0.25, -0.2) is 0 Å². The molecule has 4 heterocycles. The number of amides is 4. The fraction of sp³-hybridized carbons (Fsp3) is 0.263. The van der Waals surface area contributed by atoms with Crippen molar-refractivity contribution in [2.75, 3.05) is 24.5 Å². The van der Waals surface area contributed by atoms with Crippen LogP contribution in [0.4, 0.5) is 5.69 Å². The van der Waals surface area contributed by atoms with Gasteiger partial charge in [0, 0.05) is 67.3 Å². The van der Waals surface area contributed by atoms with Gasteiger partial charge in [-0.05, 0) is 85.4 Å². The molecule has 0 saturated carbocycles. The maximum atomic E-state index is 14.6. The zero-order valence-electron chi connectivity index (χ0n) is 26.7. The maximum absolute atomic E-state index is 14.6. The molecule has 2 atom stereocenters. The Labute approximate surface area is 280 Å². The van der Waals surface area contributed by atoms with Crippen molar-refractivity contribution in [2.45, 2.75) is 43.8 Å². The van der Waals surface area contributed by atoms with Crippen LogP contribution in [0.25, 0.3) is 11.1 Å². The minimum Gasteiger partial charge on any atom is -0.351 e. The SMILES string of the molecule is C=CC(=O)N1CCCC1C(=O)N(c1ccc(-c2ccncc2)cc1)C(C(=O)NC1CCN(C(=O)c2ccccc2)CC1)c1cccnc1. The predicted octanol–water partition coefficient (Wildman–Crippen LogP) is 4.82. The molecule has 0 bridgehead atoms. The summed E-state index contributed by atoms with van der Waals surface area (Å²) >= 11 is 0. The fourth-order valence-corrected chi connectivity index (χ4v) is 6.55. The van der Waals surface area contributed by atoms with Crippen LogP contribution in [0.1, 0.15) is 47.6 Å². The number of anilines is 1. The zero-order chi connectivity index (χ0) is 33.5. The molecule has 0 spiro atoms. The predicted molar refractivity (Wildman–Crippen MR) is 183 cm³/mol. The lowest BCUT2D eigenvalue weighted by molar-refractivity contribution is -0.135. The molecule has 2 saturated heterocycles. The van der Waals surface area contributed by atoms with Crippen molar-refractivity contribution in [1.29, 1.82) is 0 Å². The molecule has 2 aliphatic heterocycles. The number of piperidine rings is 1. The second-order valence-corrected chi connectivity index (χ2v) is 12.0. The maximum Gasteiger partial charge on any atom is 0.253 e. The third kappa shape index (κ3) is 7.02. The fourth-order valence-electron chi connectivity index (χ4n) is 6.55. The molecule has 2 fully saturated rings. The summed E-state index contributed by atoms with van der Waals surface area (Å²) in [6, 6.07) is 21.9. The van der Waals surface area contributed by atoms with Crippen LogP contribution in [0.3, 0.4) is 0 Å². The molecule has 2 unspecified atom stereocenters. The average molecular weight is 643 g/mol. The van der Waals surface area contributed by atoms with Gasteiger partial charge in [0.1, 0.15) is 12.1 Å². The number of nitrogens with one attached hydrogen (secondary N) is 1. The van der Waals surface area contributed by atoms with E-state index in [-0.39, 0.29) is 29.7 Å². The Morgan fingerprint density at radius 1 is 0.812 bits per heavy atom. The van der Waals surface area contributed by atoms with E-state index in [2.05, 4.69) is 21.9 Å². The largest absolute Gasteiger partial charge is 0.351 e. The minimum absolute atomic E-state index is 0.0317. The molecule has 6 rings (SSSR count). The number of carbonyl (C=O) groups is 4. The van der Waals surface area contributed by atoms with E-state index in [0.717, 1.165) is 11.1 Å². The zero-order valence-corrected chi connectivity index (χ0v) is 26.7. The highest BCUT2D eigenvalue weighted by Gasteiger charge is 2.42. The molecular weight excluding hydrogens is 604 g/mol. The molecule has 2 aromatic heterocycles. The number of rotatable bonds is 9. The third-order valence-corrected chi connectivity index (χ3v) is 9.05. The first-order chi connectivity index (χ1) is 23.4. The molecule has 10 heteroatoms. The van der Waals surface area contributed by atoms with E-state index in [1.165, 1.54) is 15.9 Å². The molecule has 4 aromatic rings. The van der Waals surface area contributed by atoms with Gasteiger partial charge in [0.05, 0.1) is 0 Å². The summed E-state index contributed by atoms with van der Waals surface area (Å²) in [6.45, 7) is 5.06. The van der Waals surface area contributed by atoms with Gasteiger partial charge in [-0.15, -0.1) is 0 Å². The first kappa shape index (κ1) is 32.3. The van der Waals surface area contributed by atoms with Crippen LogP contribution >= 0.6 is 0 Å². The normalized spacial score (nSPS) is 17.0. The van der Waals surface area contributed by atoms with Crippen molar-refractivity contribution in [3.05, 3.63) is 127 Å². The average Bonchev–Trinajstić information content (AvgIpc) is 3.65. The highest BCUT2D eigenvalue weighted by Crippen LogP contribution is 2.33. The number of carbonyl (C=O) groups excluding carboxylic acids is 4. The van der Waals surface area contributed by atoms with Crippen LogP contribution in [0.5, 0.6) is 0 Å². The smallest absolute Gasteiger partial charge is 0.253 e. The lowest BCUT2D eigenvalue weighted by atomic mass is 9.99. The number of hydrogen-bond acceptors (Lipinski definition) is 6. The first-order valence-corrected chi connectivity index (χ1v) is 16.3. The quantitative estimate of drug-likeness (QED) is 0.262. The van der Waals surface area contributed by atoms with Crippen molar-refractivity contribution in [3.63, 3.8) is 0 Å². The molecule has 1 N–H and O–H groups in total. The van der Waals surface area contributed by atoms with E-state index in [4.69, 9.17) is 0 Å². The van der Waals surface area contributed by atoms with Crippen LogP contribution in [-0.2, 0) is 14.4 Å². The number of nitrogens with zero attached hydrogens (tertiary/aromatic N) is 5. The summed E-state index contributed by atoms with van der Waals surface area (Å²) in [5.41, 5.74) is 3.58. The molecular formula is C38H38N6O4. The van der Waals surface area contributed by atoms with Crippen LogP contribution in [-0.4, -0.2) is 75.1 Å². The van der Waals surface area contributed by atoms with Gasteiger partial charge in [0.15, 0.2) is 0 Å². The third-order valence-electron chi connectivity index (χ3n) is 9.05. The Balaban J connectivity index is 1.30. The molecule has 244 valence electrons. The number of aromatic nitrogens is 2. The van der Waals surface area contributed by atoms with E-state index < -0.39 is 12.1 Å². The van der Waals surface area contributed by atoms with Crippen molar-refractivity contribution in [3.8, 4) is 11.1 Å². The second kappa shape index (κ2) is 14.8. The number of likely N-dealkylation sites (tertiary alicyclic amines) is 2. The standard InChI is InChI=1S/C38H38N6O4/c1-2-34(45)43-23-7-11-33(43)38(48)44(32-14-12-27(13-15-32)28-16-21-39-22-17-28)35(30-10-6-20-40-26-30)36(46)41-31-18-24-42(25-19-31)37(47)29-8-4-3-5-9-29/h2-6,8-10,12-17,20-22,26,31,33,35H,1,7,11,18-19,23-25H2,(H,41,46). The van der Waals surface area contributed by atoms with Gasteiger partial charge in [-0.3, -0.25) is 34.0 Å². The Morgan fingerprint density at radius 2 is 1.52 bits per heavy atom. The van der Waals surface area contributed by atoms with Crippen LogP contribution in [0.15, 0.2) is 116 Å². The van der Waals surface area contributed by atoms with E-state index in [1.807, 2.05) is 59.5 Å². The van der Waals surface area contributed by atoms with Crippen LogP contribution < -0.4 is 10.2 Å². The summed E-state index contributed by atoms with van der Waals surface area (Å²) in [6.07, 6.45) is 10.2. The second-order valence-electron chi connectivity index (χ2n) is 12.0. The van der Waals surface area contributed by atoms with Crippen LogP contribution in [0.2, 0.25) is 0 Å². The Morgan fingerprint density at radius 3 is 2.19 bits per heavy atom. The lowest BCUT2D eigenvalue weighted by Crippen LogP contribution is -2.54. The number of hydrogen-bond donors (Lipinski definition) is 1. The summed E-state index contributed by atoms with van der Waals surface area (Å²) in [5.74, 6) is -1.07. The molecule has 10 nitrogen and oxygen atoms in total. The first-order valence-electron chi connectivity index (χ1n) is 16.3. The van der Waals surface area contributed by atoms with Gasteiger partial charge in [-0.1, -0.05) is 43.0 Å². The molecule has 0 aliphatic carbocycles. The molecule has 2 aliphatic rings. The van der Waals surface area contributed by atoms with Gasteiger partial charge in [-0.2, -0.15) is 0 Å². The Bertz CT molecular complexity index is 1740. The van der Waals surface area contributed by atoms with Gasteiger partial charge >= 0.3 is 0 Å². The Hall–Kier alpha value is -5.64. The van der Waals surface area contributed by atoms with Crippen molar-refractivity contribution >= 4 is 29.3 Å². The summed E-state index contributed by atoms with van der Waals surface area (Å²) in [7, 11) is 0. The van der Waals surface area contributed by atoms with Crippen molar-refractivity contribution < 1.29 is 19.2 Å². The molecule has 48 heavy (non-hydrogen) atoms. The number of pyridine rings is 2. The molecule has 4 amide bonds.